The third kappa shape index (κ3) is 5.76. The van der Waals surface area contributed by atoms with Crippen molar-refractivity contribution in [3.05, 3.63) is 120 Å². The van der Waals surface area contributed by atoms with Crippen LogP contribution in [0.2, 0.25) is 0 Å². The van der Waals surface area contributed by atoms with Crippen LogP contribution in [0.1, 0.15) is 37.3 Å². The van der Waals surface area contributed by atoms with Crippen molar-refractivity contribution in [1.29, 1.82) is 0 Å². The summed E-state index contributed by atoms with van der Waals surface area (Å²) < 4.78 is 25.1. The Bertz CT molecular complexity index is 1750. The summed E-state index contributed by atoms with van der Waals surface area (Å²) >= 11 is 0. The molecule has 0 saturated carbocycles. The number of nitrogen functional groups attached to an aromatic ring is 1. The van der Waals surface area contributed by atoms with Gasteiger partial charge in [0.25, 0.3) is 0 Å². The quantitative estimate of drug-likeness (QED) is 0.211. The SMILES string of the molecule is Nc1ncnc2c1cnn2[C@@H]1O[C@H](COC(=O)c2ccccc2)[C@@H](OC(=O)c2ccccc2)[C@H]1OC(=O)c1ccccc1. The summed E-state index contributed by atoms with van der Waals surface area (Å²) in [5.41, 5.74) is 7.19. The van der Waals surface area contributed by atoms with E-state index in [1.54, 1.807) is 91.0 Å². The zero-order valence-corrected chi connectivity index (χ0v) is 22.6. The van der Waals surface area contributed by atoms with E-state index in [1.165, 1.54) is 17.2 Å². The van der Waals surface area contributed by atoms with Crippen LogP contribution in [-0.2, 0) is 18.9 Å². The average molecular weight is 580 g/mol. The van der Waals surface area contributed by atoms with Crippen molar-refractivity contribution in [2.24, 2.45) is 0 Å². The summed E-state index contributed by atoms with van der Waals surface area (Å²) in [6.07, 6.45) is -1.93. The van der Waals surface area contributed by atoms with Gasteiger partial charge in [0, 0.05) is 0 Å². The van der Waals surface area contributed by atoms with Crippen molar-refractivity contribution in [1.82, 2.24) is 19.7 Å². The number of hydrogen-bond donors (Lipinski definition) is 1. The molecule has 43 heavy (non-hydrogen) atoms. The molecular formula is C31H25N5O7. The van der Waals surface area contributed by atoms with Gasteiger partial charge in [-0.3, -0.25) is 0 Å². The fourth-order valence-corrected chi connectivity index (χ4v) is 4.72. The predicted molar refractivity (Wildman–Crippen MR) is 152 cm³/mol. The Morgan fingerprint density at radius 3 is 1.86 bits per heavy atom. The lowest BCUT2D eigenvalue weighted by atomic mass is 10.1. The number of carbonyl (C=O) groups is 3. The Morgan fingerprint density at radius 2 is 1.28 bits per heavy atom. The van der Waals surface area contributed by atoms with Crippen LogP contribution in [0.3, 0.4) is 0 Å². The van der Waals surface area contributed by atoms with Crippen LogP contribution in [0.25, 0.3) is 11.0 Å². The number of aromatic nitrogens is 4. The van der Waals surface area contributed by atoms with Gasteiger partial charge in [0.15, 0.2) is 24.1 Å². The van der Waals surface area contributed by atoms with E-state index in [0.29, 0.717) is 16.6 Å². The van der Waals surface area contributed by atoms with Crippen LogP contribution in [0.4, 0.5) is 5.82 Å². The molecule has 4 atom stereocenters. The maximum atomic E-state index is 13.3. The number of rotatable bonds is 8. The standard InChI is InChI=1S/C31H25N5O7/c32-26-22-16-35-36(27(22)34-18-33-26)28-25(43-31(39)21-14-8-3-9-15-21)24(42-30(38)20-12-6-2-7-13-20)23(41-28)17-40-29(37)19-10-4-1-5-11-19/h1-16,18,23-25,28H,17H2,(H2,32,33,34)/t23-,24-,25-,28-/m1/s1. The minimum atomic E-state index is -1.24. The number of esters is 3. The van der Waals surface area contributed by atoms with E-state index < -0.39 is 42.4 Å². The van der Waals surface area contributed by atoms with Gasteiger partial charge in [-0.05, 0) is 36.4 Å². The van der Waals surface area contributed by atoms with E-state index in [9.17, 15) is 14.4 Å². The second kappa shape index (κ2) is 12.1. The lowest BCUT2D eigenvalue weighted by Gasteiger charge is -2.24. The van der Waals surface area contributed by atoms with Crippen molar-refractivity contribution < 1.29 is 33.3 Å². The number of carbonyl (C=O) groups excluding carboxylic acids is 3. The first-order valence-electron chi connectivity index (χ1n) is 13.3. The van der Waals surface area contributed by atoms with Crippen LogP contribution in [0, 0.1) is 0 Å². The second-order valence-corrected chi connectivity index (χ2v) is 9.59. The van der Waals surface area contributed by atoms with Crippen molar-refractivity contribution in [3.63, 3.8) is 0 Å². The van der Waals surface area contributed by atoms with Crippen molar-refractivity contribution in [2.45, 2.75) is 24.5 Å². The van der Waals surface area contributed by atoms with Gasteiger partial charge in [0.05, 0.1) is 28.3 Å². The highest BCUT2D eigenvalue weighted by atomic mass is 16.7. The molecule has 3 aromatic carbocycles. The number of nitrogens with zero attached hydrogens (tertiary/aromatic N) is 4. The number of anilines is 1. The smallest absolute Gasteiger partial charge is 0.338 e. The fourth-order valence-electron chi connectivity index (χ4n) is 4.72. The molecular weight excluding hydrogens is 554 g/mol. The van der Waals surface area contributed by atoms with Gasteiger partial charge in [-0.15, -0.1) is 0 Å². The molecule has 12 heteroatoms. The molecule has 2 aromatic heterocycles. The Labute approximate surface area is 245 Å². The number of fused-ring (bicyclic) bond motifs is 1. The molecule has 5 aromatic rings. The van der Waals surface area contributed by atoms with Crippen LogP contribution in [0.15, 0.2) is 104 Å². The summed E-state index contributed by atoms with van der Waals surface area (Å²) in [6, 6.07) is 25.1. The minimum Gasteiger partial charge on any atom is -0.459 e. The molecule has 1 saturated heterocycles. The van der Waals surface area contributed by atoms with Crippen LogP contribution in [0.5, 0.6) is 0 Å². The molecule has 12 nitrogen and oxygen atoms in total. The number of nitrogens with two attached hydrogens (primary N) is 1. The van der Waals surface area contributed by atoms with E-state index in [2.05, 4.69) is 15.1 Å². The summed E-state index contributed by atoms with van der Waals surface area (Å²) in [4.78, 5) is 47.7. The molecule has 1 aliphatic heterocycles. The maximum absolute atomic E-state index is 13.3. The lowest BCUT2D eigenvalue weighted by molar-refractivity contribution is -0.0654. The molecule has 0 amide bonds. The maximum Gasteiger partial charge on any atom is 0.338 e. The molecule has 0 unspecified atom stereocenters. The Kier molecular flexibility index (Phi) is 7.74. The number of benzene rings is 3. The van der Waals surface area contributed by atoms with Crippen molar-refractivity contribution in [2.75, 3.05) is 12.3 Å². The summed E-state index contributed by atoms with van der Waals surface area (Å²) in [5.74, 6) is -1.80. The molecule has 3 heterocycles. The second-order valence-electron chi connectivity index (χ2n) is 9.59. The van der Waals surface area contributed by atoms with E-state index in [4.69, 9.17) is 24.7 Å². The molecule has 0 radical (unpaired) electrons. The summed E-state index contributed by atoms with van der Waals surface area (Å²) in [5, 5.41) is 4.83. The zero-order valence-electron chi connectivity index (χ0n) is 22.6. The molecule has 1 aliphatic rings. The normalized spacial score (nSPS) is 19.5. The van der Waals surface area contributed by atoms with Crippen LogP contribution in [-0.4, -0.2) is 62.6 Å². The van der Waals surface area contributed by atoms with Gasteiger partial charge in [-0.25, -0.2) is 29.0 Å². The van der Waals surface area contributed by atoms with E-state index in [0.717, 1.165) is 0 Å². The van der Waals surface area contributed by atoms with Crippen molar-refractivity contribution in [3.8, 4) is 0 Å². The molecule has 216 valence electrons. The van der Waals surface area contributed by atoms with Gasteiger partial charge < -0.3 is 24.7 Å². The fraction of sp³-hybridized carbons (Fsp3) is 0.161. The highest BCUT2D eigenvalue weighted by Crippen LogP contribution is 2.36. The molecule has 0 aliphatic carbocycles. The first kappa shape index (κ1) is 27.5. The number of hydrogen-bond acceptors (Lipinski definition) is 11. The molecule has 0 spiro atoms. The zero-order chi connectivity index (χ0) is 29.8. The molecule has 1 fully saturated rings. The summed E-state index contributed by atoms with van der Waals surface area (Å²) in [6.45, 7) is -0.327. The monoisotopic (exact) mass is 579 g/mol. The minimum absolute atomic E-state index is 0.187. The first-order valence-corrected chi connectivity index (χ1v) is 13.3. The Hall–Kier alpha value is -5.62. The Balaban J connectivity index is 1.37. The molecule has 0 bridgehead atoms. The largest absolute Gasteiger partial charge is 0.459 e. The molecule has 6 rings (SSSR count). The number of ether oxygens (including phenoxy) is 4. The van der Waals surface area contributed by atoms with Crippen LogP contribution >= 0.6 is 0 Å². The Morgan fingerprint density at radius 1 is 0.744 bits per heavy atom. The van der Waals surface area contributed by atoms with Gasteiger partial charge in [-0.1, -0.05) is 54.6 Å². The van der Waals surface area contributed by atoms with Gasteiger partial charge in [0.2, 0.25) is 0 Å². The predicted octanol–water partition coefficient (Wildman–Crippen LogP) is 3.61. The third-order valence-corrected chi connectivity index (χ3v) is 6.84. The van der Waals surface area contributed by atoms with Gasteiger partial charge in [-0.2, -0.15) is 5.10 Å². The highest BCUT2D eigenvalue weighted by Gasteiger charge is 2.52. The van der Waals surface area contributed by atoms with E-state index in [-0.39, 0.29) is 23.6 Å². The highest BCUT2D eigenvalue weighted by molar-refractivity contribution is 5.91. The van der Waals surface area contributed by atoms with Crippen molar-refractivity contribution >= 4 is 34.8 Å². The van der Waals surface area contributed by atoms with E-state index >= 15 is 0 Å². The first-order chi connectivity index (χ1) is 21.0. The topological polar surface area (TPSA) is 158 Å². The summed E-state index contributed by atoms with van der Waals surface area (Å²) in [7, 11) is 0. The van der Waals surface area contributed by atoms with Crippen LogP contribution < -0.4 is 5.73 Å². The average Bonchev–Trinajstić information content (AvgIpc) is 3.63. The van der Waals surface area contributed by atoms with Gasteiger partial charge in [0.1, 0.15) is 24.9 Å². The lowest BCUT2D eigenvalue weighted by Crippen LogP contribution is -2.41. The van der Waals surface area contributed by atoms with E-state index in [1.807, 2.05) is 0 Å². The van der Waals surface area contributed by atoms with Gasteiger partial charge >= 0.3 is 17.9 Å². The third-order valence-electron chi connectivity index (χ3n) is 6.84. The molecule has 2 N–H and O–H groups in total.